The zero-order valence-electron chi connectivity index (χ0n) is 15.3. The number of benzene rings is 1. The predicted octanol–water partition coefficient (Wildman–Crippen LogP) is 4.14. The third kappa shape index (κ3) is 5.95. The summed E-state index contributed by atoms with van der Waals surface area (Å²) < 4.78 is 10.9. The number of hydrogen-bond donors (Lipinski definition) is 1. The van der Waals surface area contributed by atoms with Crippen LogP contribution in [0.5, 0.6) is 5.75 Å². The summed E-state index contributed by atoms with van der Waals surface area (Å²) in [5, 5.41) is 3.46. The number of ether oxygens (including phenoxy) is 2. The van der Waals surface area contributed by atoms with Crippen LogP contribution in [-0.2, 0) is 4.74 Å². The number of hydrogen-bond acceptors (Lipinski definition) is 4. The molecule has 1 fully saturated rings. The lowest BCUT2D eigenvalue weighted by molar-refractivity contribution is 0.0172. The standard InChI is InChI=1S/C19H30N2O3/c1-5-23-17-10-8-16(9-11-17)20-13-15-7-6-12-21(14-15)18(22)24-19(2,3)4/h8-11,15,20H,5-7,12-14H2,1-4H3. The molecule has 1 aliphatic heterocycles. The number of piperidine rings is 1. The highest BCUT2D eigenvalue weighted by Crippen LogP contribution is 2.21. The van der Waals surface area contributed by atoms with Crippen LogP contribution >= 0.6 is 0 Å². The predicted molar refractivity (Wildman–Crippen MR) is 96.6 cm³/mol. The lowest BCUT2D eigenvalue weighted by Gasteiger charge is -2.34. The topological polar surface area (TPSA) is 50.8 Å². The van der Waals surface area contributed by atoms with Gasteiger partial charge in [0, 0.05) is 25.3 Å². The van der Waals surface area contributed by atoms with E-state index in [1.807, 2.05) is 56.9 Å². The Morgan fingerprint density at radius 2 is 2.00 bits per heavy atom. The minimum atomic E-state index is -0.440. The molecule has 1 aromatic carbocycles. The fourth-order valence-corrected chi connectivity index (χ4v) is 2.82. The first-order valence-electron chi connectivity index (χ1n) is 8.82. The monoisotopic (exact) mass is 334 g/mol. The number of carbonyl (C=O) groups excluding carboxylic acids is 1. The van der Waals surface area contributed by atoms with Gasteiger partial charge in [-0.1, -0.05) is 0 Å². The van der Waals surface area contributed by atoms with E-state index in [1.54, 1.807) is 0 Å². The molecule has 0 aliphatic carbocycles. The number of likely N-dealkylation sites (tertiary alicyclic amines) is 1. The molecule has 5 nitrogen and oxygen atoms in total. The highest BCUT2D eigenvalue weighted by atomic mass is 16.6. The van der Waals surface area contributed by atoms with Crippen molar-refractivity contribution in [1.82, 2.24) is 4.90 Å². The van der Waals surface area contributed by atoms with Crippen molar-refractivity contribution in [2.24, 2.45) is 5.92 Å². The van der Waals surface area contributed by atoms with Gasteiger partial charge in [-0.05, 0) is 70.7 Å². The van der Waals surface area contributed by atoms with Crippen LogP contribution in [0.15, 0.2) is 24.3 Å². The average Bonchev–Trinajstić information content (AvgIpc) is 2.53. The maximum atomic E-state index is 12.2. The van der Waals surface area contributed by atoms with Gasteiger partial charge in [0.2, 0.25) is 0 Å². The maximum Gasteiger partial charge on any atom is 0.410 e. The van der Waals surface area contributed by atoms with E-state index in [2.05, 4.69) is 5.32 Å². The van der Waals surface area contributed by atoms with Crippen LogP contribution in [0.1, 0.15) is 40.5 Å². The SMILES string of the molecule is CCOc1ccc(NCC2CCCN(C(=O)OC(C)(C)C)C2)cc1. The molecule has 1 aliphatic rings. The minimum Gasteiger partial charge on any atom is -0.494 e. The van der Waals surface area contributed by atoms with Crippen molar-refractivity contribution in [3.8, 4) is 5.75 Å². The van der Waals surface area contributed by atoms with Gasteiger partial charge in [0.05, 0.1) is 6.61 Å². The maximum absolute atomic E-state index is 12.2. The zero-order valence-corrected chi connectivity index (χ0v) is 15.3. The molecule has 0 saturated carbocycles. The molecular weight excluding hydrogens is 304 g/mol. The molecule has 1 atom stereocenters. The van der Waals surface area contributed by atoms with Crippen LogP contribution in [0.25, 0.3) is 0 Å². The Morgan fingerprint density at radius 1 is 1.29 bits per heavy atom. The van der Waals surface area contributed by atoms with Crippen molar-refractivity contribution < 1.29 is 14.3 Å². The normalized spacial score (nSPS) is 18.2. The molecule has 134 valence electrons. The van der Waals surface area contributed by atoms with Crippen molar-refractivity contribution in [1.29, 1.82) is 0 Å². The van der Waals surface area contributed by atoms with Crippen LogP contribution in [0.4, 0.5) is 10.5 Å². The van der Waals surface area contributed by atoms with Gasteiger partial charge in [-0.3, -0.25) is 0 Å². The fraction of sp³-hybridized carbons (Fsp3) is 0.632. The quantitative estimate of drug-likeness (QED) is 0.879. The second-order valence-corrected chi connectivity index (χ2v) is 7.27. The van der Waals surface area contributed by atoms with E-state index in [0.717, 1.165) is 43.9 Å². The molecule has 24 heavy (non-hydrogen) atoms. The molecule has 5 heteroatoms. The van der Waals surface area contributed by atoms with Gasteiger partial charge in [-0.25, -0.2) is 4.79 Å². The Hall–Kier alpha value is -1.91. The summed E-state index contributed by atoms with van der Waals surface area (Å²) >= 11 is 0. The zero-order chi connectivity index (χ0) is 17.6. The smallest absolute Gasteiger partial charge is 0.410 e. The van der Waals surface area contributed by atoms with E-state index in [-0.39, 0.29) is 6.09 Å². The van der Waals surface area contributed by atoms with Gasteiger partial charge < -0.3 is 19.7 Å². The average molecular weight is 334 g/mol. The van der Waals surface area contributed by atoms with Gasteiger partial charge >= 0.3 is 6.09 Å². The van der Waals surface area contributed by atoms with Crippen molar-refractivity contribution in [3.63, 3.8) is 0 Å². The van der Waals surface area contributed by atoms with E-state index in [0.29, 0.717) is 12.5 Å². The Labute approximate surface area is 145 Å². The first kappa shape index (κ1) is 18.4. The summed E-state index contributed by atoms with van der Waals surface area (Å²) in [6, 6.07) is 8.00. The van der Waals surface area contributed by atoms with E-state index in [1.165, 1.54) is 0 Å². The van der Waals surface area contributed by atoms with Crippen molar-refractivity contribution in [2.75, 3.05) is 31.6 Å². The summed E-state index contributed by atoms with van der Waals surface area (Å²) in [4.78, 5) is 14.0. The number of anilines is 1. The summed E-state index contributed by atoms with van der Waals surface area (Å²) in [6.07, 6.45) is 1.95. The van der Waals surface area contributed by atoms with Crippen LogP contribution in [0.3, 0.4) is 0 Å². The van der Waals surface area contributed by atoms with Crippen LogP contribution in [0, 0.1) is 5.92 Å². The third-order valence-electron chi connectivity index (χ3n) is 3.93. The minimum absolute atomic E-state index is 0.201. The first-order chi connectivity index (χ1) is 11.4. The van der Waals surface area contributed by atoms with E-state index in [9.17, 15) is 4.79 Å². The molecule has 1 N–H and O–H groups in total. The second-order valence-electron chi connectivity index (χ2n) is 7.27. The molecule has 1 unspecified atom stereocenters. The Kier molecular flexibility index (Phi) is 6.35. The third-order valence-corrected chi connectivity index (χ3v) is 3.93. The molecule has 1 aromatic rings. The summed E-state index contributed by atoms with van der Waals surface area (Å²) in [5.74, 6) is 1.33. The van der Waals surface area contributed by atoms with Gasteiger partial charge in [-0.2, -0.15) is 0 Å². The Balaban J connectivity index is 1.81. The highest BCUT2D eigenvalue weighted by molar-refractivity contribution is 5.68. The molecule has 0 spiro atoms. The van der Waals surface area contributed by atoms with Crippen molar-refractivity contribution in [3.05, 3.63) is 24.3 Å². The summed E-state index contributed by atoms with van der Waals surface area (Å²) in [7, 11) is 0. The van der Waals surface area contributed by atoms with Crippen molar-refractivity contribution in [2.45, 2.75) is 46.1 Å². The molecule has 2 rings (SSSR count). The van der Waals surface area contributed by atoms with E-state index >= 15 is 0 Å². The van der Waals surface area contributed by atoms with Crippen LogP contribution in [0.2, 0.25) is 0 Å². The van der Waals surface area contributed by atoms with E-state index < -0.39 is 5.60 Å². The van der Waals surface area contributed by atoms with Crippen LogP contribution in [-0.4, -0.2) is 42.8 Å². The first-order valence-corrected chi connectivity index (χ1v) is 8.82. The number of rotatable bonds is 5. The van der Waals surface area contributed by atoms with Crippen molar-refractivity contribution >= 4 is 11.8 Å². The number of nitrogens with zero attached hydrogens (tertiary/aromatic N) is 1. The van der Waals surface area contributed by atoms with Gasteiger partial charge in [0.25, 0.3) is 0 Å². The molecular formula is C19H30N2O3. The number of nitrogens with one attached hydrogen (secondary N) is 1. The Morgan fingerprint density at radius 3 is 2.62 bits per heavy atom. The van der Waals surface area contributed by atoms with Gasteiger partial charge in [0.15, 0.2) is 0 Å². The lowest BCUT2D eigenvalue weighted by atomic mass is 9.98. The van der Waals surface area contributed by atoms with Crippen LogP contribution < -0.4 is 10.1 Å². The summed E-state index contributed by atoms with van der Waals surface area (Å²) in [6.45, 7) is 10.8. The Bertz CT molecular complexity index is 522. The molecule has 0 radical (unpaired) electrons. The van der Waals surface area contributed by atoms with Gasteiger partial charge in [0.1, 0.15) is 11.4 Å². The fourth-order valence-electron chi connectivity index (χ4n) is 2.82. The molecule has 1 saturated heterocycles. The number of amides is 1. The molecule has 1 amide bonds. The van der Waals surface area contributed by atoms with E-state index in [4.69, 9.17) is 9.47 Å². The summed E-state index contributed by atoms with van der Waals surface area (Å²) in [5.41, 5.74) is 0.637. The largest absolute Gasteiger partial charge is 0.494 e. The molecule has 0 bridgehead atoms. The number of carbonyl (C=O) groups is 1. The highest BCUT2D eigenvalue weighted by Gasteiger charge is 2.27. The lowest BCUT2D eigenvalue weighted by Crippen LogP contribution is -2.44. The molecule has 0 aromatic heterocycles. The molecule has 1 heterocycles. The van der Waals surface area contributed by atoms with Gasteiger partial charge in [-0.15, -0.1) is 0 Å². The second kappa shape index (κ2) is 8.27.